The van der Waals surface area contributed by atoms with Crippen LogP contribution in [-0.4, -0.2) is 19.3 Å². The zero-order chi connectivity index (χ0) is 14.6. The molecule has 0 aliphatic heterocycles. The maximum Gasteiger partial charge on any atom is 0.123 e. The number of benzene rings is 1. The van der Waals surface area contributed by atoms with Crippen molar-refractivity contribution in [3.63, 3.8) is 0 Å². The Bertz CT molecular complexity index is 415. The van der Waals surface area contributed by atoms with Crippen molar-refractivity contribution < 1.29 is 9.13 Å². The van der Waals surface area contributed by atoms with Crippen LogP contribution >= 0.6 is 0 Å². The average molecular weight is 268 g/mol. The molecule has 0 radical (unpaired) electrons. The summed E-state index contributed by atoms with van der Waals surface area (Å²) in [5.74, 6) is 5.46. The first-order valence-electron chi connectivity index (χ1n) is 6.53. The standard InChI is InChI=1S/C15H25FN2O/c1-10-8-12(16)7-6-11(10)9-13(18-17)14(19-5)15(2,3)4/h6-8,13-14,18H,9,17H2,1-5H3. The number of hydrazine groups is 1. The minimum absolute atomic E-state index is 0.0193. The van der Waals surface area contributed by atoms with Crippen molar-refractivity contribution in [2.24, 2.45) is 11.3 Å². The van der Waals surface area contributed by atoms with Crippen molar-refractivity contribution in [2.75, 3.05) is 7.11 Å². The van der Waals surface area contributed by atoms with Crippen LogP contribution in [0.2, 0.25) is 0 Å². The summed E-state index contributed by atoms with van der Waals surface area (Å²) in [7, 11) is 1.69. The van der Waals surface area contributed by atoms with Gasteiger partial charge in [-0.3, -0.25) is 11.3 Å². The van der Waals surface area contributed by atoms with E-state index >= 15 is 0 Å². The second-order valence-electron chi connectivity index (χ2n) is 6.07. The number of hydrogen-bond donors (Lipinski definition) is 2. The van der Waals surface area contributed by atoms with Gasteiger partial charge >= 0.3 is 0 Å². The highest BCUT2D eigenvalue weighted by molar-refractivity contribution is 5.27. The van der Waals surface area contributed by atoms with Gasteiger partial charge < -0.3 is 4.74 Å². The predicted octanol–water partition coefficient (Wildman–Crippen LogP) is 2.57. The van der Waals surface area contributed by atoms with Gasteiger partial charge in [-0.25, -0.2) is 4.39 Å². The van der Waals surface area contributed by atoms with E-state index < -0.39 is 0 Å². The summed E-state index contributed by atoms with van der Waals surface area (Å²) in [4.78, 5) is 0. The zero-order valence-electron chi connectivity index (χ0n) is 12.5. The molecular weight excluding hydrogens is 243 g/mol. The van der Waals surface area contributed by atoms with Gasteiger partial charge in [-0.15, -0.1) is 0 Å². The van der Waals surface area contributed by atoms with Gasteiger partial charge in [0.2, 0.25) is 0 Å². The van der Waals surface area contributed by atoms with Crippen LogP contribution in [0.1, 0.15) is 31.9 Å². The fraction of sp³-hybridized carbons (Fsp3) is 0.600. The van der Waals surface area contributed by atoms with Gasteiger partial charge in [0.15, 0.2) is 0 Å². The van der Waals surface area contributed by atoms with Gasteiger partial charge in [-0.05, 0) is 42.0 Å². The SMILES string of the molecule is COC(C(Cc1ccc(F)cc1C)NN)C(C)(C)C. The maximum atomic E-state index is 13.1. The molecule has 0 fully saturated rings. The lowest BCUT2D eigenvalue weighted by atomic mass is 9.82. The molecule has 19 heavy (non-hydrogen) atoms. The Morgan fingerprint density at radius 2 is 2.00 bits per heavy atom. The number of ether oxygens (including phenoxy) is 1. The van der Waals surface area contributed by atoms with Gasteiger partial charge in [-0.1, -0.05) is 26.8 Å². The molecule has 0 aliphatic rings. The van der Waals surface area contributed by atoms with Crippen LogP contribution in [0, 0.1) is 18.2 Å². The Hall–Kier alpha value is -0.970. The number of aryl methyl sites for hydroxylation is 1. The Balaban J connectivity index is 2.92. The molecule has 0 bridgehead atoms. The fourth-order valence-corrected chi connectivity index (χ4v) is 2.50. The molecule has 0 aliphatic carbocycles. The Kier molecular flexibility index (Phi) is 5.47. The smallest absolute Gasteiger partial charge is 0.123 e. The van der Waals surface area contributed by atoms with Crippen molar-refractivity contribution in [3.8, 4) is 0 Å². The average Bonchev–Trinajstić information content (AvgIpc) is 2.30. The van der Waals surface area contributed by atoms with Crippen LogP contribution < -0.4 is 11.3 Å². The minimum atomic E-state index is -0.211. The Labute approximate surface area is 115 Å². The molecule has 0 amide bonds. The van der Waals surface area contributed by atoms with E-state index in [9.17, 15) is 4.39 Å². The van der Waals surface area contributed by atoms with Crippen molar-refractivity contribution in [1.82, 2.24) is 5.43 Å². The molecule has 0 spiro atoms. The molecule has 2 atom stereocenters. The summed E-state index contributed by atoms with van der Waals surface area (Å²) in [5.41, 5.74) is 4.82. The summed E-state index contributed by atoms with van der Waals surface area (Å²) in [6, 6.07) is 4.82. The lowest BCUT2D eigenvalue weighted by Gasteiger charge is -2.36. The van der Waals surface area contributed by atoms with Crippen LogP contribution in [-0.2, 0) is 11.2 Å². The number of nitrogens with two attached hydrogens (primary N) is 1. The monoisotopic (exact) mass is 268 g/mol. The molecule has 1 aromatic rings. The van der Waals surface area contributed by atoms with Gasteiger partial charge in [0.25, 0.3) is 0 Å². The zero-order valence-corrected chi connectivity index (χ0v) is 12.5. The second-order valence-corrected chi connectivity index (χ2v) is 6.07. The molecule has 0 aromatic heterocycles. The third kappa shape index (κ3) is 4.27. The minimum Gasteiger partial charge on any atom is -0.379 e. The number of hydrogen-bond acceptors (Lipinski definition) is 3. The molecule has 2 unspecified atom stereocenters. The molecule has 108 valence electrons. The predicted molar refractivity (Wildman–Crippen MR) is 76.2 cm³/mol. The number of halogens is 1. The Morgan fingerprint density at radius 1 is 1.37 bits per heavy atom. The summed E-state index contributed by atoms with van der Waals surface area (Å²) in [6.45, 7) is 8.25. The first-order valence-corrected chi connectivity index (χ1v) is 6.53. The van der Waals surface area contributed by atoms with Gasteiger partial charge in [0.1, 0.15) is 5.82 Å². The van der Waals surface area contributed by atoms with Crippen LogP contribution in [0.3, 0.4) is 0 Å². The van der Waals surface area contributed by atoms with E-state index in [0.717, 1.165) is 11.1 Å². The fourth-order valence-electron chi connectivity index (χ4n) is 2.50. The van der Waals surface area contributed by atoms with E-state index in [4.69, 9.17) is 10.6 Å². The molecular formula is C15H25FN2O. The van der Waals surface area contributed by atoms with Gasteiger partial charge in [0.05, 0.1) is 12.1 Å². The highest BCUT2D eigenvalue weighted by atomic mass is 19.1. The summed E-state index contributed by atoms with van der Waals surface area (Å²) >= 11 is 0. The van der Waals surface area contributed by atoms with E-state index in [1.54, 1.807) is 13.2 Å². The topological polar surface area (TPSA) is 47.3 Å². The van der Waals surface area contributed by atoms with Crippen molar-refractivity contribution in [1.29, 1.82) is 0 Å². The molecule has 3 N–H and O–H groups in total. The molecule has 0 saturated heterocycles. The Morgan fingerprint density at radius 3 is 2.42 bits per heavy atom. The highest BCUT2D eigenvalue weighted by Gasteiger charge is 2.32. The van der Waals surface area contributed by atoms with E-state index in [1.807, 2.05) is 13.0 Å². The molecule has 0 heterocycles. The summed E-state index contributed by atoms with van der Waals surface area (Å²) in [6.07, 6.45) is 0.681. The third-order valence-corrected chi connectivity index (χ3v) is 3.43. The van der Waals surface area contributed by atoms with Crippen molar-refractivity contribution >= 4 is 0 Å². The number of methoxy groups -OCH3 is 1. The van der Waals surface area contributed by atoms with Gasteiger partial charge in [0, 0.05) is 7.11 Å². The van der Waals surface area contributed by atoms with E-state index in [-0.39, 0.29) is 23.4 Å². The normalized spacial score (nSPS) is 15.3. The number of rotatable bonds is 5. The summed E-state index contributed by atoms with van der Waals surface area (Å²) in [5, 5.41) is 0. The molecule has 1 rings (SSSR count). The van der Waals surface area contributed by atoms with E-state index in [0.29, 0.717) is 6.42 Å². The van der Waals surface area contributed by atoms with Crippen molar-refractivity contribution in [2.45, 2.75) is 46.3 Å². The van der Waals surface area contributed by atoms with E-state index in [1.165, 1.54) is 6.07 Å². The summed E-state index contributed by atoms with van der Waals surface area (Å²) < 4.78 is 18.7. The highest BCUT2D eigenvalue weighted by Crippen LogP contribution is 2.26. The molecule has 3 nitrogen and oxygen atoms in total. The molecule has 0 saturated carbocycles. The van der Waals surface area contributed by atoms with Gasteiger partial charge in [-0.2, -0.15) is 0 Å². The largest absolute Gasteiger partial charge is 0.379 e. The number of nitrogens with one attached hydrogen (secondary N) is 1. The first-order chi connectivity index (χ1) is 8.79. The first kappa shape index (κ1) is 16.1. The van der Waals surface area contributed by atoms with Crippen molar-refractivity contribution in [3.05, 3.63) is 35.1 Å². The van der Waals surface area contributed by atoms with E-state index in [2.05, 4.69) is 26.2 Å². The third-order valence-electron chi connectivity index (χ3n) is 3.43. The lowest BCUT2D eigenvalue weighted by Crippen LogP contribution is -2.51. The van der Waals surface area contributed by atoms with Crippen LogP contribution in [0.25, 0.3) is 0 Å². The molecule has 1 aromatic carbocycles. The second kappa shape index (κ2) is 6.46. The van der Waals surface area contributed by atoms with Crippen LogP contribution in [0.5, 0.6) is 0 Å². The van der Waals surface area contributed by atoms with Crippen LogP contribution in [0.15, 0.2) is 18.2 Å². The maximum absolute atomic E-state index is 13.1. The quantitative estimate of drug-likeness (QED) is 0.637. The lowest BCUT2D eigenvalue weighted by molar-refractivity contribution is -0.0110. The molecule has 4 heteroatoms. The van der Waals surface area contributed by atoms with Crippen LogP contribution in [0.4, 0.5) is 4.39 Å².